The van der Waals surface area contributed by atoms with Crippen molar-refractivity contribution in [2.45, 2.75) is 59.3 Å². The van der Waals surface area contributed by atoms with Gasteiger partial charge in [0.05, 0.1) is 19.3 Å². The fourth-order valence-corrected chi connectivity index (χ4v) is 2.51. The summed E-state index contributed by atoms with van der Waals surface area (Å²) < 4.78 is 11.3. The maximum Gasteiger partial charge on any atom is 0.191 e. The van der Waals surface area contributed by atoms with Crippen molar-refractivity contribution in [2.24, 2.45) is 10.9 Å². The van der Waals surface area contributed by atoms with Crippen molar-refractivity contribution in [3.05, 3.63) is 35.4 Å². The molecule has 1 aromatic carbocycles. The molecule has 0 aliphatic heterocycles. The minimum Gasteiger partial charge on any atom is -0.381 e. The van der Waals surface area contributed by atoms with Crippen LogP contribution in [0.2, 0.25) is 0 Å². The highest BCUT2D eigenvalue weighted by Crippen LogP contribution is 2.28. The Bertz CT molecular complexity index is 548. The maximum atomic E-state index is 5.68. The second kappa shape index (κ2) is 14.2. The van der Waals surface area contributed by atoms with E-state index in [1.165, 1.54) is 24.0 Å². The van der Waals surface area contributed by atoms with E-state index in [0.717, 1.165) is 44.6 Å². The normalized spacial score (nSPS) is 14.1. The van der Waals surface area contributed by atoms with Gasteiger partial charge in [0.15, 0.2) is 5.96 Å². The van der Waals surface area contributed by atoms with Gasteiger partial charge in [0.2, 0.25) is 0 Å². The Kier molecular flexibility index (Phi) is 12.7. The summed E-state index contributed by atoms with van der Waals surface area (Å²) in [5, 5.41) is 6.68. The van der Waals surface area contributed by atoms with Gasteiger partial charge in [0.25, 0.3) is 0 Å². The highest BCUT2D eigenvalue weighted by molar-refractivity contribution is 14.0. The number of hydrogen-bond donors (Lipinski definition) is 2. The van der Waals surface area contributed by atoms with Gasteiger partial charge in [-0.15, -0.1) is 24.0 Å². The second-order valence-corrected chi connectivity index (χ2v) is 7.17. The highest BCUT2D eigenvalue weighted by atomic mass is 127. The van der Waals surface area contributed by atoms with Gasteiger partial charge >= 0.3 is 0 Å². The van der Waals surface area contributed by atoms with Crippen LogP contribution in [0.5, 0.6) is 0 Å². The first-order valence-corrected chi connectivity index (χ1v) is 9.96. The zero-order valence-electron chi connectivity index (χ0n) is 17.0. The number of nitrogens with zero attached hydrogens (tertiary/aromatic N) is 1. The van der Waals surface area contributed by atoms with Crippen molar-refractivity contribution in [3.63, 3.8) is 0 Å². The summed E-state index contributed by atoms with van der Waals surface area (Å²) in [4.78, 5) is 4.69. The Morgan fingerprint density at radius 2 is 2.00 bits per heavy atom. The summed E-state index contributed by atoms with van der Waals surface area (Å²) in [5.74, 6) is 1.70. The van der Waals surface area contributed by atoms with Crippen LogP contribution in [-0.2, 0) is 22.6 Å². The van der Waals surface area contributed by atoms with E-state index in [9.17, 15) is 0 Å². The Morgan fingerprint density at radius 3 is 2.70 bits per heavy atom. The van der Waals surface area contributed by atoms with Crippen LogP contribution in [0, 0.1) is 5.92 Å². The van der Waals surface area contributed by atoms with Crippen LogP contribution in [0.4, 0.5) is 0 Å². The molecule has 0 atom stereocenters. The molecule has 1 fully saturated rings. The van der Waals surface area contributed by atoms with E-state index in [0.29, 0.717) is 13.2 Å². The predicted octanol–water partition coefficient (Wildman–Crippen LogP) is 4.10. The van der Waals surface area contributed by atoms with Crippen LogP contribution < -0.4 is 10.6 Å². The van der Waals surface area contributed by atoms with Gasteiger partial charge in [0.1, 0.15) is 0 Å². The summed E-state index contributed by atoms with van der Waals surface area (Å²) in [7, 11) is 0. The molecule has 1 aromatic rings. The summed E-state index contributed by atoms with van der Waals surface area (Å²) in [6.45, 7) is 11.0. The number of benzene rings is 1. The fourth-order valence-electron chi connectivity index (χ4n) is 2.51. The monoisotopic (exact) mass is 489 g/mol. The third-order valence-corrected chi connectivity index (χ3v) is 4.15. The average molecular weight is 489 g/mol. The van der Waals surface area contributed by atoms with Crippen molar-refractivity contribution >= 4 is 29.9 Å². The van der Waals surface area contributed by atoms with Gasteiger partial charge in [-0.1, -0.05) is 24.3 Å². The summed E-state index contributed by atoms with van der Waals surface area (Å²) in [5.41, 5.74) is 2.39. The molecule has 1 aliphatic carbocycles. The third-order valence-electron chi connectivity index (χ3n) is 4.15. The largest absolute Gasteiger partial charge is 0.381 e. The van der Waals surface area contributed by atoms with Gasteiger partial charge in [0, 0.05) is 26.3 Å². The molecule has 0 bridgehead atoms. The van der Waals surface area contributed by atoms with E-state index in [2.05, 4.69) is 60.7 Å². The molecule has 0 spiro atoms. The molecule has 0 saturated heterocycles. The van der Waals surface area contributed by atoms with Crippen molar-refractivity contribution < 1.29 is 9.47 Å². The molecule has 5 nitrogen and oxygen atoms in total. The van der Waals surface area contributed by atoms with Crippen molar-refractivity contribution in [2.75, 3.05) is 26.3 Å². The lowest BCUT2D eigenvalue weighted by molar-refractivity contribution is 0.0657. The topological polar surface area (TPSA) is 54.9 Å². The summed E-state index contributed by atoms with van der Waals surface area (Å²) in [6, 6.07) is 8.45. The van der Waals surface area contributed by atoms with Gasteiger partial charge < -0.3 is 20.1 Å². The Hall–Kier alpha value is -0.860. The second-order valence-electron chi connectivity index (χ2n) is 7.17. The number of halogens is 1. The van der Waals surface area contributed by atoms with E-state index in [1.807, 2.05) is 0 Å². The first kappa shape index (κ1) is 24.2. The Morgan fingerprint density at radius 1 is 1.22 bits per heavy atom. The van der Waals surface area contributed by atoms with Crippen LogP contribution >= 0.6 is 24.0 Å². The minimum absolute atomic E-state index is 0. The predicted molar refractivity (Wildman–Crippen MR) is 123 cm³/mol. The lowest BCUT2D eigenvalue weighted by Crippen LogP contribution is -2.38. The van der Waals surface area contributed by atoms with Crippen molar-refractivity contribution in [1.29, 1.82) is 0 Å². The Labute approximate surface area is 181 Å². The molecular weight excluding hydrogens is 453 g/mol. The van der Waals surface area contributed by atoms with E-state index in [4.69, 9.17) is 9.47 Å². The molecular formula is C21H36IN3O2. The van der Waals surface area contributed by atoms with E-state index in [1.54, 1.807) is 0 Å². The molecule has 0 radical (unpaired) electrons. The standard InChI is InChI=1S/C21H35N3O2.HI/c1-4-22-21(23-11-6-12-25-15-18-9-10-18)24-14-19-7-5-8-20(13-19)16-26-17(2)3;/h5,7-8,13,17-18H,4,6,9-12,14-16H2,1-3H3,(H2,22,23,24);1H. The first-order valence-electron chi connectivity index (χ1n) is 9.96. The third kappa shape index (κ3) is 11.5. The molecule has 1 saturated carbocycles. The average Bonchev–Trinajstić information content (AvgIpc) is 3.45. The van der Waals surface area contributed by atoms with E-state index in [-0.39, 0.29) is 30.1 Å². The SMILES string of the molecule is CCNC(=NCc1cccc(COC(C)C)c1)NCCCOCC1CC1.I. The molecule has 0 aromatic heterocycles. The molecule has 1 aliphatic rings. The van der Waals surface area contributed by atoms with Gasteiger partial charge in [-0.3, -0.25) is 0 Å². The number of rotatable bonds is 12. The highest BCUT2D eigenvalue weighted by Gasteiger charge is 2.20. The number of nitrogens with one attached hydrogen (secondary N) is 2. The number of hydrogen-bond acceptors (Lipinski definition) is 3. The maximum absolute atomic E-state index is 5.68. The van der Waals surface area contributed by atoms with Crippen LogP contribution in [0.3, 0.4) is 0 Å². The van der Waals surface area contributed by atoms with Gasteiger partial charge in [-0.25, -0.2) is 4.99 Å². The Balaban J connectivity index is 0.00000364. The number of aliphatic imine (C=N–C) groups is 1. The van der Waals surface area contributed by atoms with E-state index < -0.39 is 0 Å². The lowest BCUT2D eigenvalue weighted by Gasteiger charge is -2.12. The first-order chi connectivity index (χ1) is 12.7. The van der Waals surface area contributed by atoms with Gasteiger partial charge in [-0.2, -0.15) is 0 Å². The molecule has 6 heteroatoms. The van der Waals surface area contributed by atoms with Gasteiger partial charge in [-0.05, 0) is 57.1 Å². The van der Waals surface area contributed by atoms with Crippen molar-refractivity contribution in [3.8, 4) is 0 Å². The molecule has 0 heterocycles. The minimum atomic E-state index is 0. The molecule has 0 amide bonds. The molecule has 2 rings (SSSR count). The van der Waals surface area contributed by atoms with E-state index >= 15 is 0 Å². The lowest BCUT2D eigenvalue weighted by atomic mass is 10.1. The fraction of sp³-hybridized carbons (Fsp3) is 0.667. The molecule has 154 valence electrons. The van der Waals surface area contributed by atoms with Crippen LogP contribution in [0.1, 0.15) is 51.2 Å². The summed E-state index contributed by atoms with van der Waals surface area (Å²) >= 11 is 0. The van der Waals surface area contributed by atoms with Crippen LogP contribution in [-0.4, -0.2) is 38.4 Å². The molecule has 2 N–H and O–H groups in total. The zero-order chi connectivity index (χ0) is 18.6. The quantitative estimate of drug-likeness (QED) is 0.201. The zero-order valence-corrected chi connectivity index (χ0v) is 19.3. The summed E-state index contributed by atoms with van der Waals surface area (Å²) in [6.07, 6.45) is 3.94. The number of ether oxygens (including phenoxy) is 2. The molecule has 0 unspecified atom stereocenters. The van der Waals surface area contributed by atoms with Crippen LogP contribution in [0.15, 0.2) is 29.3 Å². The smallest absolute Gasteiger partial charge is 0.191 e. The number of guanidine groups is 1. The van der Waals surface area contributed by atoms with Crippen LogP contribution in [0.25, 0.3) is 0 Å². The molecule has 27 heavy (non-hydrogen) atoms. The van der Waals surface area contributed by atoms with Crippen molar-refractivity contribution in [1.82, 2.24) is 10.6 Å².